The van der Waals surface area contributed by atoms with E-state index in [2.05, 4.69) is 213 Å². The van der Waals surface area contributed by atoms with E-state index in [1.807, 2.05) is 0 Å². The zero-order valence-electron chi connectivity index (χ0n) is 32.4. The SMILES string of the molecule is CC1(C)c2ccccc2-c2ccc(N(c3ccc(C4C=CC=CC4)cc3)c3ccc4c(c3)C(C)(C)c3cc(-n5ccc6ccc7ccccc7c65)ccc3-4)cc21. The Hall–Kier alpha value is -6.38. The summed E-state index contributed by atoms with van der Waals surface area (Å²) in [6.07, 6.45) is 12.2. The van der Waals surface area contributed by atoms with Crippen molar-refractivity contribution in [1.29, 1.82) is 0 Å². The Morgan fingerprint density at radius 2 is 1.12 bits per heavy atom. The van der Waals surface area contributed by atoms with E-state index in [1.54, 1.807) is 0 Å². The molecule has 3 aliphatic carbocycles. The van der Waals surface area contributed by atoms with Crippen molar-refractivity contribution >= 4 is 38.7 Å². The predicted molar refractivity (Wildman–Crippen MR) is 236 cm³/mol. The Morgan fingerprint density at radius 3 is 1.86 bits per heavy atom. The molecule has 0 aliphatic heterocycles. The molecule has 0 bridgehead atoms. The van der Waals surface area contributed by atoms with Gasteiger partial charge in [-0.1, -0.05) is 143 Å². The average molecular weight is 721 g/mol. The molecule has 1 atom stereocenters. The van der Waals surface area contributed by atoms with Crippen molar-refractivity contribution in [1.82, 2.24) is 4.57 Å². The van der Waals surface area contributed by atoms with Crippen molar-refractivity contribution in [2.45, 2.75) is 50.9 Å². The van der Waals surface area contributed by atoms with Gasteiger partial charge in [0.05, 0.1) is 5.52 Å². The van der Waals surface area contributed by atoms with E-state index in [4.69, 9.17) is 0 Å². The molecule has 3 aliphatic rings. The van der Waals surface area contributed by atoms with Gasteiger partial charge in [-0.25, -0.2) is 0 Å². The number of allylic oxidation sites excluding steroid dienone is 4. The van der Waals surface area contributed by atoms with Crippen molar-refractivity contribution in [3.05, 3.63) is 204 Å². The average Bonchev–Trinajstić information content (AvgIpc) is 3.85. The van der Waals surface area contributed by atoms with Crippen molar-refractivity contribution in [3.63, 3.8) is 0 Å². The standard InChI is InChI=1S/C54H44N2/c1-53(2)48-17-11-10-16-44(48)45-28-25-41(33-50(45)53)56(39-22-20-36(21-23-39)35-12-6-5-7-13-35)42-26-29-47-46-27-24-40(32-49(46)54(3,4)51(47)34-42)55-31-30-38-19-18-37-14-8-9-15-43(37)52(38)55/h5-12,14-35H,13H2,1-4H3. The van der Waals surface area contributed by atoms with Crippen LogP contribution in [0.25, 0.3) is 49.6 Å². The molecule has 7 aromatic carbocycles. The summed E-state index contributed by atoms with van der Waals surface area (Å²) < 4.78 is 2.38. The predicted octanol–water partition coefficient (Wildman–Crippen LogP) is 14.5. The van der Waals surface area contributed by atoms with Gasteiger partial charge in [-0.3, -0.25) is 0 Å². The lowest BCUT2D eigenvalue weighted by Gasteiger charge is -2.30. The minimum absolute atomic E-state index is 0.0884. The van der Waals surface area contributed by atoms with E-state index < -0.39 is 0 Å². The first-order valence-electron chi connectivity index (χ1n) is 20.0. The molecule has 0 fully saturated rings. The molecule has 56 heavy (non-hydrogen) atoms. The van der Waals surface area contributed by atoms with Gasteiger partial charge in [0.15, 0.2) is 0 Å². The van der Waals surface area contributed by atoms with Crippen LogP contribution in [0.5, 0.6) is 0 Å². The lowest BCUT2D eigenvalue weighted by molar-refractivity contribution is 0.659. The normalized spacial score (nSPS) is 16.8. The van der Waals surface area contributed by atoms with Gasteiger partial charge in [-0.2, -0.15) is 0 Å². The molecule has 2 heteroatoms. The van der Waals surface area contributed by atoms with Crippen LogP contribution in [0, 0.1) is 0 Å². The van der Waals surface area contributed by atoms with E-state index in [1.165, 1.54) is 94.5 Å². The number of aromatic nitrogens is 1. The first kappa shape index (κ1) is 33.0. The Morgan fingerprint density at radius 1 is 0.518 bits per heavy atom. The molecule has 0 saturated heterocycles. The monoisotopic (exact) mass is 720 g/mol. The lowest BCUT2D eigenvalue weighted by Crippen LogP contribution is -2.18. The number of benzene rings is 7. The van der Waals surface area contributed by atoms with Gasteiger partial charge in [0.1, 0.15) is 0 Å². The molecule has 8 aromatic rings. The highest BCUT2D eigenvalue weighted by molar-refractivity contribution is 6.06. The van der Waals surface area contributed by atoms with Crippen LogP contribution in [0.2, 0.25) is 0 Å². The van der Waals surface area contributed by atoms with Crippen LogP contribution in [-0.4, -0.2) is 4.57 Å². The fraction of sp³-hybridized carbons (Fsp3) is 0.148. The number of anilines is 3. The Bertz CT molecular complexity index is 2950. The first-order valence-corrected chi connectivity index (χ1v) is 20.0. The maximum absolute atomic E-state index is 2.47. The van der Waals surface area contributed by atoms with Crippen LogP contribution in [0.1, 0.15) is 67.9 Å². The summed E-state index contributed by atoms with van der Waals surface area (Å²) in [7, 11) is 0. The zero-order chi connectivity index (χ0) is 37.8. The molecule has 1 heterocycles. The van der Waals surface area contributed by atoms with Crippen molar-refractivity contribution in [2.75, 3.05) is 4.90 Å². The number of nitrogens with zero attached hydrogens (tertiary/aromatic N) is 2. The number of hydrogen-bond donors (Lipinski definition) is 0. The second-order valence-corrected chi connectivity index (χ2v) is 17.0. The largest absolute Gasteiger partial charge is 0.316 e. The maximum atomic E-state index is 2.47. The van der Waals surface area contributed by atoms with Crippen molar-refractivity contribution in [3.8, 4) is 27.9 Å². The zero-order valence-corrected chi connectivity index (χ0v) is 32.4. The van der Waals surface area contributed by atoms with E-state index >= 15 is 0 Å². The van der Waals surface area contributed by atoms with E-state index in [0.29, 0.717) is 5.92 Å². The number of hydrogen-bond acceptors (Lipinski definition) is 1. The van der Waals surface area contributed by atoms with Crippen LogP contribution in [-0.2, 0) is 10.8 Å². The third-order valence-electron chi connectivity index (χ3n) is 13.1. The molecule has 0 N–H and O–H groups in total. The molecule has 1 aromatic heterocycles. The second kappa shape index (κ2) is 12.1. The van der Waals surface area contributed by atoms with Gasteiger partial charge >= 0.3 is 0 Å². The first-order chi connectivity index (χ1) is 27.3. The topological polar surface area (TPSA) is 8.17 Å². The molecule has 0 saturated carbocycles. The van der Waals surface area contributed by atoms with Gasteiger partial charge in [0, 0.05) is 56.5 Å². The van der Waals surface area contributed by atoms with Crippen LogP contribution in [0.3, 0.4) is 0 Å². The molecule has 1 unspecified atom stereocenters. The highest BCUT2D eigenvalue weighted by Gasteiger charge is 2.38. The summed E-state index contributed by atoms with van der Waals surface area (Å²) in [4.78, 5) is 2.47. The quantitative estimate of drug-likeness (QED) is 0.172. The fourth-order valence-electron chi connectivity index (χ4n) is 10.1. The molecule has 0 amide bonds. The van der Waals surface area contributed by atoms with Gasteiger partial charge in [0.2, 0.25) is 0 Å². The van der Waals surface area contributed by atoms with E-state index in [0.717, 1.165) is 6.42 Å². The maximum Gasteiger partial charge on any atom is 0.0606 e. The fourth-order valence-corrected chi connectivity index (χ4v) is 10.1. The summed E-state index contributed by atoms with van der Waals surface area (Å²) >= 11 is 0. The summed E-state index contributed by atoms with van der Waals surface area (Å²) in [6, 6.07) is 55.0. The highest BCUT2D eigenvalue weighted by atomic mass is 15.1. The van der Waals surface area contributed by atoms with Gasteiger partial charge in [0.25, 0.3) is 0 Å². The molecule has 2 nitrogen and oxygen atoms in total. The molecule has 0 radical (unpaired) electrons. The summed E-state index contributed by atoms with van der Waals surface area (Å²) in [5, 5.41) is 3.80. The number of rotatable bonds is 5. The third kappa shape index (κ3) is 4.81. The van der Waals surface area contributed by atoms with Crippen LogP contribution in [0.4, 0.5) is 17.1 Å². The summed E-state index contributed by atoms with van der Waals surface area (Å²) in [5.41, 5.74) is 17.9. The van der Waals surface area contributed by atoms with Gasteiger partial charge < -0.3 is 9.47 Å². The van der Waals surface area contributed by atoms with Crippen molar-refractivity contribution in [2.24, 2.45) is 0 Å². The molecule has 0 spiro atoms. The Kier molecular flexibility index (Phi) is 7.11. The summed E-state index contributed by atoms with van der Waals surface area (Å²) in [6.45, 7) is 9.54. The minimum atomic E-state index is -0.195. The van der Waals surface area contributed by atoms with Crippen LogP contribution < -0.4 is 4.90 Å². The molecule has 270 valence electrons. The van der Waals surface area contributed by atoms with Gasteiger partial charge in [-0.15, -0.1) is 0 Å². The Balaban J connectivity index is 1.03. The lowest BCUT2D eigenvalue weighted by atomic mass is 9.82. The van der Waals surface area contributed by atoms with Crippen molar-refractivity contribution < 1.29 is 0 Å². The van der Waals surface area contributed by atoms with Gasteiger partial charge in [-0.05, 0) is 116 Å². The summed E-state index contributed by atoms with van der Waals surface area (Å²) in [5.74, 6) is 0.411. The minimum Gasteiger partial charge on any atom is -0.316 e. The van der Waals surface area contributed by atoms with E-state index in [-0.39, 0.29) is 10.8 Å². The third-order valence-corrected chi connectivity index (χ3v) is 13.1. The molecule has 11 rings (SSSR count). The number of fused-ring (bicyclic) bond motifs is 9. The Labute approximate surface area is 329 Å². The highest BCUT2D eigenvalue weighted by Crippen LogP contribution is 2.53. The van der Waals surface area contributed by atoms with Crippen LogP contribution in [0.15, 0.2) is 176 Å². The smallest absolute Gasteiger partial charge is 0.0606 e. The van der Waals surface area contributed by atoms with Crippen LogP contribution >= 0.6 is 0 Å². The second-order valence-electron chi connectivity index (χ2n) is 17.0. The van der Waals surface area contributed by atoms with E-state index in [9.17, 15) is 0 Å². The molecular formula is C54H44N2. The molecular weight excluding hydrogens is 677 g/mol.